The van der Waals surface area contributed by atoms with E-state index in [0.717, 1.165) is 39.0 Å². The van der Waals surface area contributed by atoms with Crippen LogP contribution in [0.4, 0.5) is 11.4 Å². The van der Waals surface area contributed by atoms with Gasteiger partial charge in [-0.05, 0) is 58.1 Å². The van der Waals surface area contributed by atoms with Crippen molar-refractivity contribution >= 4 is 17.3 Å². The Morgan fingerprint density at radius 1 is 1.34 bits per heavy atom. The van der Waals surface area contributed by atoms with Crippen LogP contribution in [0.25, 0.3) is 0 Å². The predicted molar refractivity (Wildman–Crippen MR) is 114 cm³/mol. The molecule has 0 spiro atoms. The topological polar surface area (TPSA) is 100.0 Å². The Bertz CT molecular complexity index is 675. The average Bonchev–Trinajstić information content (AvgIpc) is 2.71. The Kier molecular flexibility index (Phi) is 9.30. The van der Waals surface area contributed by atoms with E-state index in [1.807, 2.05) is 0 Å². The summed E-state index contributed by atoms with van der Waals surface area (Å²) in [4.78, 5) is 28.0. The predicted octanol–water partition coefficient (Wildman–Crippen LogP) is 1.66. The highest BCUT2D eigenvalue weighted by molar-refractivity contribution is 5.95. The second kappa shape index (κ2) is 11.7. The van der Waals surface area contributed by atoms with Crippen LogP contribution >= 0.6 is 0 Å². The zero-order valence-electron chi connectivity index (χ0n) is 17.6. The van der Waals surface area contributed by atoms with Gasteiger partial charge in [0.1, 0.15) is 5.69 Å². The number of nitrogens with one attached hydrogen (secondary N) is 2. The van der Waals surface area contributed by atoms with Gasteiger partial charge in [-0.2, -0.15) is 0 Å². The summed E-state index contributed by atoms with van der Waals surface area (Å²) in [6.07, 6.45) is 2.10. The maximum Gasteiger partial charge on any atom is 0.293 e. The number of likely N-dealkylation sites (tertiary alicyclic amines) is 1. The van der Waals surface area contributed by atoms with Crippen molar-refractivity contribution in [1.29, 1.82) is 0 Å². The van der Waals surface area contributed by atoms with E-state index in [2.05, 4.69) is 34.5 Å². The third kappa shape index (κ3) is 7.60. The molecule has 0 bridgehead atoms. The molecule has 9 nitrogen and oxygen atoms in total. The summed E-state index contributed by atoms with van der Waals surface area (Å²) in [5, 5.41) is 17.3. The van der Waals surface area contributed by atoms with Gasteiger partial charge >= 0.3 is 0 Å². The molecule has 1 heterocycles. The fraction of sp³-hybridized carbons (Fsp3) is 0.650. The fourth-order valence-electron chi connectivity index (χ4n) is 3.36. The van der Waals surface area contributed by atoms with Crippen molar-refractivity contribution in [3.8, 4) is 0 Å². The SMILES string of the molecule is COCCNc1ccc(C(=O)NCC2CCN(CCN(C)C)CC2)cc1[N+](=O)[O-]. The van der Waals surface area contributed by atoms with Gasteiger partial charge in [-0.15, -0.1) is 0 Å². The third-order valence-electron chi connectivity index (χ3n) is 5.20. The number of hydrogen-bond acceptors (Lipinski definition) is 7. The van der Waals surface area contributed by atoms with Crippen molar-refractivity contribution in [3.63, 3.8) is 0 Å². The molecule has 0 unspecified atom stereocenters. The molecular weight excluding hydrogens is 374 g/mol. The van der Waals surface area contributed by atoms with Gasteiger partial charge in [-0.1, -0.05) is 0 Å². The van der Waals surface area contributed by atoms with Crippen molar-refractivity contribution in [2.75, 3.05) is 72.4 Å². The van der Waals surface area contributed by atoms with Crippen LogP contribution in [0.1, 0.15) is 23.2 Å². The van der Waals surface area contributed by atoms with Crippen LogP contribution in [0, 0.1) is 16.0 Å². The summed E-state index contributed by atoms with van der Waals surface area (Å²) in [7, 11) is 5.72. The van der Waals surface area contributed by atoms with E-state index in [0.29, 0.717) is 36.9 Å². The van der Waals surface area contributed by atoms with Gasteiger partial charge in [0.2, 0.25) is 0 Å². The lowest BCUT2D eigenvalue weighted by Gasteiger charge is -2.32. The van der Waals surface area contributed by atoms with E-state index in [1.165, 1.54) is 6.07 Å². The van der Waals surface area contributed by atoms with E-state index in [1.54, 1.807) is 19.2 Å². The number of nitro benzene ring substituents is 1. The molecule has 29 heavy (non-hydrogen) atoms. The Hall–Kier alpha value is -2.23. The molecule has 1 aliphatic rings. The molecule has 1 saturated heterocycles. The van der Waals surface area contributed by atoms with Gasteiger partial charge in [0.05, 0.1) is 11.5 Å². The van der Waals surface area contributed by atoms with Crippen LogP contribution in [-0.4, -0.2) is 87.7 Å². The van der Waals surface area contributed by atoms with Crippen LogP contribution in [0.3, 0.4) is 0 Å². The average molecular weight is 408 g/mol. The van der Waals surface area contributed by atoms with Gasteiger partial charge in [-0.25, -0.2) is 0 Å². The number of nitro groups is 1. The van der Waals surface area contributed by atoms with E-state index >= 15 is 0 Å². The molecule has 1 aromatic rings. The monoisotopic (exact) mass is 407 g/mol. The quantitative estimate of drug-likeness (QED) is 0.327. The Morgan fingerprint density at radius 3 is 2.69 bits per heavy atom. The maximum absolute atomic E-state index is 12.5. The van der Waals surface area contributed by atoms with E-state index in [9.17, 15) is 14.9 Å². The molecule has 1 aliphatic heterocycles. The molecule has 0 aliphatic carbocycles. The number of carbonyl (C=O) groups excluding carboxylic acids is 1. The minimum atomic E-state index is -0.477. The maximum atomic E-state index is 12.5. The molecule has 0 radical (unpaired) electrons. The van der Waals surface area contributed by atoms with E-state index in [4.69, 9.17) is 4.74 Å². The molecule has 9 heteroatoms. The fourth-order valence-corrected chi connectivity index (χ4v) is 3.36. The number of hydrogen-bond donors (Lipinski definition) is 2. The van der Waals surface area contributed by atoms with Crippen LogP contribution in [0.15, 0.2) is 18.2 Å². The molecule has 0 saturated carbocycles. The summed E-state index contributed by atoms with van der Waals surface area (Å²) in [5.74, 6) is 0.172. The normalized spacial score (nSPS) is 15.4. The number of piperidine rings is 1. The summed E-state index contributed by atoms with van der Waals surface area (Å²) >= 11 is 0. The van der Waals surface area contributed by atoms with Crippen molar-refractivity contribution in [1.82, 2.24) is 15.1 Å². The summed E-state index contributed by atoms with van der Waals surface area (Å²) in [6, 6.07) is 4.52. The molecular formula is C20H33N5O4. The highest BCUT2D eigenvalue weighted by Gasteiger charge is 2.21. The lowest BCUT2D eigenvalue weighted by molar-refractivity contribution is -0.384. The van der Waals surface area contributed by atoms with Gasteiger partial charge in [0.25, 0.3) is 11.6 Å². The number of amides is 1. The van der Waals surface area contributed by atoms with E-state index in [-0.39, 0.29) is 11.6 Å². The Morgan fingerprint density at radius 2 is 2.07 bits per heavy atom. The second-order valence-corrected chi connectivity index (χ2v) is 7.71. The molecule has 2 N–H and O–H groups in total. The first-order chi connectivity index (χ1) is 13.9. The van der Waals surface area contributed by atoms with E-state index < -0.39 is 4.92 Å². The van der Waals surface area contributed by atoms with Crippen molar-refractivity contribution in [2.45, 2.75) is 12.8 Å². The van der Waals surface area contributed by atoms with Crippen molar-refractivity contribution < 1.29 is 14.5 Å². The Labute approximate surface area is 172 Å². The summed E-state index contributed by atoms with van der Waals surface area (Å²) < 4.78 is 4.94. The van der Waals surface area contributed by atoms with Crippen molar-refractivity contribution in [2.24, 2.45) is 5.92 Å². The number of likely N-dealkylation sites (N-methyl/N-ethyl adjacent to an activating group) is 1. The number of nitrogens with zero attached hydrogens (tertiary/aromatic N) is 3. The standard InChI is InChI=1S/C20H33N5O4/c1-23(2)11-12-24-9-6-16(7-10-24)15-22-20(26)17-4-5-18(21-8-13-29-3)19(14-17)25(27)28/h4-5,14,16,21H,6-13,15H2,1-3H3,(H,22,26). The second-order valence-electron chi connectivity index (χ2n) is 7.71. The minimum Gasteiger partial charge on any atom is -0.383 e. The lowest BCUT2D eigenvalue weighted by atomic mass is 9.96. The smallest absolute Gasteiger partial charge is 0.293 e. The largest absolute Gasteiger partial charge is 0.383 e. The number of methoxy groups -OCH3 is 1. The number of anilines is 1. The van der Waals surface area contributed by atoms with Crippen LogP contribution < -0.4 is 10.6 Å². The molecule has 1 fully saturated rings. The van der Waals surface area contributed by atoms with Gasteiger partial charge in [0, 0.05) is 44.9 Å². The van der Waals surface area contributed by atoms with Gasteiger partial charge in [0.15, 0.2) is 0 Å². The first-order valence-electron chi connectivity index (χ1n) is 10.1. The molecule has 1 aromatic carbocycles. The van der Waals surface area contributed by atoms with Crippen LogP contribution in [0.2, 0.25) is 0 Å². The van der Waals surface area contributed by atoms with Crippen molar-refractivity contribution in [3.05, 3.63) is 33.9 Å². The number of rotatable bonds is 11. The molecule has 2 rings (SSSR count). The number of benzene rings is 1. The highest BCUT2D eigenvalue weighted by atomic mass is 16.6. The first-order valence-corrected chi connectivity index (χ1v) is 10.1. The molecule has 0 aromatic heterocycles. The zero-order valence-corrected chi connectivity index (χ0v) is 17.6. The minimum absolute atomic E-state index is 0.108. The van der Waals surface area contributed by atoms with Crippen LogP contribution in [-0.2, 0) is 4.74 Å². The van der Waals surface area contributed by atoms with Crippen LogP contribution in [0.5, 0.6) is 0 Å². The van der Waals surface area contributed by atoms with Gasteiger partial charge in [-0.3, -0.25) is 14.9 Å². The molecule has 0 atom stereocenters. The summed E-state index contributed by atoms with van der Waals surface area (Å²) in [6.45, 7) is 5.70. The van der Waals surface area contributed by atoms with Gasteiger partial charge < -0.3 is 25.2 Å². The zero-order chi connectivity index (χ0) is 21.2. The lowest BCUT2D eigenvalue weighted by Crippen LogP contribution is -2.41. The number of ether oxygens (including phenoxy) is 1. The molecule has 162 valence electrons. The molecule has 1 amide bonds. The summed E-state index contributed by atoms with van der Waals surface area (Å²) in [5.41, 5.74) is 0.578. The third-order valence-corrected chi connectivity index (χ3v) is 5.20. The number of carbonyl (C=O) groups is 1. The first kappa shape index (κ1) is 23.1. The highest BCUT2D eigenvalue weighted by Crippen LogP contribution is 2.25. The Balaban J connectivity index is 1.84.